The van der Waals surface area contributed by atoms with Crippen LogP contribution in [0.1, 0.15) is 85.3 Å². The number of hydrogen-bond donors (Lipinski definition) is 1. The molecule has 0 aliphatic carbocycles. The van der Waals surface area contributed by atoms with E-state index in [0.29, 0.717) is 12.3 Å². The van der Waals surface area contributed by atoms with Crippen LogP contribution >= 0.6 is 0 Å². The van der Waals surface area contributed by atoms with Gasteiger partial charge < -0.3 is 15.1 Å². The Morgan fingerprint density at radius 1 is 0.868 bits per heavy atom. The van der Waals surface area contributed by atoms with E-state index in [4.69, 9.17) is 0 Å². The van der Waals surface area contributed by atoms with Gasteiger partial charge in [0.05, 0.1) is 0 Å². The Bertz CT molecular complexity index is 1260. The molecule has 3 aromatic rings. The van der Waals surface area contributed by atoms with Crippen LogP contribution in [-0.4, -0.2) is 42.4 Å². The maximum absolute atomic E-state index is 13.8. The van der Waals surface area contributed by atoms with Crippen molar-refractivity contribution in [1.29, 1.82) is 0 Å². The minimum Gasteiger partial charge on any atom is -0.326 e. The SMILES string of the molecule is CCC(=O)Nc1ccc(C2CC(C)N(C(=O)c3ccc(C4CCN(CC)CC4)cc3)c3ccccc32)cc1. The zero-order valence-electron chi connectivity index (χ0n) is 22.8. The Balaban J connectivity index is 1.35. The molecule has 1 saturated heterocycles. The van der Waals surface area contributed by atoms with Gasteiger partial charge in [-0.15, -0.1) is 0 Å². The van der Waals surface area contributed by atoms with Crippen LogP contribution in [0.3, 0.4) is 0 Å². The quantitative estimate of drug-likeness (QED) is 0.397. The topological polar surface area (TPSA) is 52.7 Å². The van der Waals surface area contributed by atoms with E-state index >= 15 is 0 Å². The van der Waals surface area contributed by atoms with Gasteiger partial charge in [0.2, 0.25) is 5.91 Å². The van der Waals surface area contributed by atoms with Crippen molar-refractivity contribution in [1.82, 2.24) is 4.90 Å². The molecule has 2 unspecified atom stereocenters. The molecule has 5 heteroatoms. The van der Waals surface area contributed by atoms with Gasteiger partial charge in [0.25, 0.3) is 5.91 Å². The molecule has 38 heavy (non-hydrogen) atoms. The van der Waals surface area contributed by atoms with Crippen LogP contribution in [0.25, 0.3) is 0 Å². The lowest BCUT2D eigenvalue weighted by atomic mass is 9.81. The number of para-hydroxylation sites is 1. The molecule has 198 valence electrons. The summed E-state index contributed by atoms with van der Waals surface area (Å²) in [6.45, 7) is 9.66. The second-order valence-corrected chi connectivity index (χ2v) is 10.7. The average Bonchev–Trinajstić information content (AvgIpc) is 2.97. The third-order valence-electron chi connectivity index (χ3n) is 8.39. The summed E-state index contributed by atoms with van der Waals surface area (Å²) in [5, 5.41) is 2.93. The van der Waals surface area contributed by atoms with Crippen molar-refractivity contribution in [2.45, 2.75) is 64.3 Å². The second-order valence-electron chi connectivity index (χ2n) is 10.7. The third-order valence-corrected chi connectivity index (χ3v) is 8.39. The molecule has 0 spiro atoms. The lowest BCUT2D eigenvalue weighted by Gasteiger charge is -2.40. The summed E-state index contributed by atoms with van der Waals surface area (Å²) in [6.07, 6.45) is 3.67. The van der Waals surface area contributed by atoms with E-state index in [2.05, 4.69) is 66.5 Å². The van der Waals surface area contributed by atoms with E-state index in [-0.39, 0.29) is 23.8 Å². The molecule has 0 aromatic heterocycles. The molecule has 5 nitrogen and oxygen atoms in total. The van der Waals surface area contributed by atoms with Gasteiger partial charge in [-0.2, -0.15) is 0 Å². The normalized spacial score (nSPS) is 20.1. The summed E-state index contributed by atoms with van der Waals surface area (Å²) in [5.74, 6) is 0.850. The first-order valence-electron chi connectivity index (χ1n) is 14.1. The van der Waals surface area contributed by atoms with Crippen molar-refractivity contribution in [3.8, 4) is 0 Å². The van der Waals surface area contributed by atoms with Crippen LogP contribution in [0.5, 0.6) is 0 Å². The average molecular weight is 510 g/mol. The van der Waals surface area contributed by atoms with Gasteiger partial charge in [-0.05, 0) is 98.8 Å². The first kappa shape index (κ1) is 26.2. The summed E-state index contributed by atoms with van der Waals surface area (Å²) in [7, 11) is 0. The Morgan fingerprint density at radius 3 is 2.18 bits per heavy atom. The lowest BCUT2D eigenvalue weighted by molar-refractivity contribution is -0.115. The smallest absolute Gasteiger partial charge is 0.258 e. The van der Waals surface area contributed by atoms with Gasteiger partial charge in [-0.25, -0.2) is 0 Å². The largest absolute Gasteiger partial charge is 0.326 e. The standard InChI is InChI=1S/C33H39N3O2/c1-4-32(37)34-28-16-14-26(15-17-28)30-22-23(3)36(31-9-7-6-8-29(30)31)33(38)27-12-10-24(11-13-27)25-18-20-35(5-2)21-19-25/h6-17,23,25,30H,4-5,18-22H2,1-3H3,(H,34,37). The molecule has 2 aliphatic rings. The summed E-state index contributed by atoms with van der Waals surface area (Å²) in [5.41, 5.74) is 6.27. The molecule has 0 radical (unpaired) electrons. The lowest BCUT2D eigenvalue weighted by Crippen LogP contribution is -2.43. The van der Waals surface area contributed by atoms with Crippen molar-refractivity contribution in [3.63, 3.8) is 0 Å². The van der Waals surface area contributed by atoms with Crippen LogP contribution in [0, 0.1) is 0 Å². The van der Waals surface area contributed by atoms with Gasteiger partial charge in [-0.1, -0.05) is 56.3 Å². The molecule has 0 bridgehead atoms. The number of piperidine rings is 1. The number of benzene rings is 3. The zero-order chi connectivity index (χ0) is 26.6. The van der Waals surface area contributed by atoms with Crippen LogP contribution in [0.4, 0.5) is 11.4 Å². The highest BCUT2D eigenvalue weighted by atomic mass is 16.2. The summed E-state index contributed by atoms with van der Waals surface area (Å²) in [4.78, 5) is 30.1. The van der Waals surface area contributed by atoms with Crippen molar-refractivity contribution < 1.29 is 9.59 Å². The van der Waals surface area contributed by atoms with E-state index in [9.17, 15) is 9.59 Å². The number of carbonyl (C=O) groups is 2. The Hall–Kier alpha value is -3.44. The molecule has 1 N–H and O–H groups in total. The first-order chi connectivity index (χ1) is 18.5. The first-order valence-corrected chi connectivity index (χ1v) is 14.1. The van der Waals surface area contributed by atoms with Gasteiger partial charge in [0, 0.05) is 35.3 Å². The highest BCUT2D eigenvalue weighted by molar-refractivity contribution is 6.07. The number of likely N-dealkylation sites (tertiary alicyclic amines) is 1. The molecule has 0 saturated carbocycles. The van der Waals surface area contributed by atoms with E-state index < -0.39 is 0 Å². The number of nitrogens with one attached hydrogen (secondary N) is 1. The van der Waals surface area contributed by atoms with Gasteiger partial charge in [0.1, 0.15) is 0 Å². The fourth-order valence-electron chi connectivity index (χ4n) is 6.11. The van der Waals surface area contributed by atoms with Crippen LogP contribution in [-0.2, 0) is 4.79 Å². The van der Waals surface area contributed by atoms with Crippen molar-refractivity contribution in [3.05, 3.63) is 95.1 Å². The second kappa shape index (κ2) is 11.5. The molecule has 5 rings (SSSR count). The molecule has 3 aromatic carbocycles. The summed E-state index contributed by atoms with van der Waals surface area (Å²) in [6, 6.07) is 24.9. The number of hydrogen-bond acceptors (Lipinski definition) is 3. The van der Waals surface area contributed by atoms with Crippen LogP contribution < -0.4 is 10.2 Å². The van der Waals surface area contributed by atoms with Crippen molar-refractivity contribution in [2.24, 2.45) is 0 Å². The molecule has 1 fully saturated rings. The molecular formula is C33H39N3O2. The summed E-state index contributed by atoms with van der Waals surface area (Å²) < 4.78 is 0. The minimum atomic E-state index is 0.0125. The van der Waals surface area contributed by atoms with Crippen LogP contribution in [0.15, 0.2) is 72.8 Å². The fourth-order valence-corrected chi connectivity index (χ4v) is 6.11. The molecular weight excluding hydrogens is 470 g/mol. The number of nitrogens with zero attached hydrogens (tertiary/aromatic N) is 2. The Morgan fingerprint density at radius 2 is 1.53 bits per heavy atom. The fraction of sp³-hybridized carbons (Fsp3) is 0.394. The number of carbonyl (C=O) groups excluding carboxylic acids is 2. The third kappa shape index (κ3) is 5.39. The van der Waals surface area contributed by atoms with Crippen LogP contribution in [0.2, 0.25) is 0 Å². The van der Waals surface area contributed by atoms with E-state index in [1.54, 1.807) is 0 Å². The Kier molecular flexibility index (Phi) is 7.94. The molecule has 2 heterocycles. The zero-order valence-corrected chi connectivity index (χ0v) is 22.8. The number of fused-ring (bicyclic) bond motifs is 1. The van der Waals surface area contributed by atoms with Gasteiger partial charge >= 0.3 is 0 Å². The molecule has 2 aliphatic heterocycles. The predicted octanol–water partition coefficient (Wildman–Crippen LogP) is 6.81. The maximum atomic E-state index is 13.8. The van der Waals surface area contributed by atoms with Gasteiger partial charge in [-0.3, -0.25) is 9.59 Å². The molecule has 2 atom stereocenters. The van der Waals surface area contributed by atoms with Crippen molar-refractivity contribution in [2.75, 3.05) is 29.9 Å². The highest BCUT2D eigenvalue weighted by Crippen LogP contribution is 2.43. The monoisotopic (exact) mass is 509 g/mol. The van der Waals surface area contributed by atoms with E-state index in [1.807, 2.05) is 42.2 Å². The van der Waals surface area contributed by atoms with Gasteiger partial charge in [0.15, 0.2) is 0 Å². The molecule has 2 amide bonds. The maximum Gasteiger partial charge on any atom is 0.258 e. The minimum absolute atomic E-state index is 0.0125. The summed E-state index contributed by atoms with van der Waals surface area (Å²) >= 11 is 0. The Labute approximate surface area is 226 Å². The van der Waals surface area contributed by atoms with Crippen molar-refractivity contribution >= 4 is 23.2 Å². The van der Waals surface area contributed by atoms with E-state index in [1.165, 1.54) is 29.5 Å². The predicted molar refractivity (Wildman–Crippen MR) is 155 cm³/mol. The number of amides is 2. The number of rotatable bonds is 6. The highest BCUT2D eigenvalue weighted by Gasteiger charge is 2.34. The van der Waals surface area contributed by atoms with E-state index in [0.717, 1.165) is 43.0 Å². The number of anilines is 2.